The summed E-state index contributed by atoms with van der Waals surface area (Å²) in [5, 5.41) is 7.35. The second-order valence-electron chi connectivity index (χ2n) is 3.07. The number of methoxy groups -OCH3 is 1. The van der Waals surface area contributed by atoms with Crippen LogP contribution < -0.4 is 15.2 Å². The zero-order valence-electron chi connectivity index (χ0n) is 9.45. The van der Waals surface area contributed by atoms with E-state index >= 15 is 0 Å². The van der Waals surface area contributed by atoms with Crippen LogP contribution in [0.1, 0.15) is 12.5 Å². The first-order valence-corrected chi connectivity index (χ1v) is 4.91. The van der Waals surface area contributed by atoms with E-state index in [0.717, 1.165) is 0 Å². The molecule has 3 N–H and O–H groups in total. The number of nitrogens with one attached hydrogen (secondary N) is 1. The number of ether oxygens (including phenoxy) is 3. The first-order chi connectivity index (χ1) is 7.67. The minimum Gasteiger partial charge on any atom is -0.497 e. The Hall–Kier alpha value is -1.75. The lowest BCUT2D eigenvalue weighted by atomic mass is 10.2. The van der Waals surface area contributed by atoms with Crippen molar-refractivity contribution >= 4 is 5.84 Å². The summed E-state index contributed by atoms with van der Waals surface area (Å²) in [7, 11) is 1.55. The highest BCUT2D eigenvalue weighted by atomic mass is 16.7. The molecule has 5 heteroatoms. The van der Waals surface area contributed by atoms with Crippen molar-refractivity contribution in [1.82, 2.24) is 0 Å². The molecule has 0 saturated heterocycles. The van der Waals surface area contributed by atoms with Crippen LogP contribution in [0.5, 0.6) is 11.5 Å². The molecular formula is C11H16N2O3. The summed E-state index contributed by atoms with van der Waals surface area (Å²) in [5.74, 6) is 1.14. The minimum absolute atomic E-state index is 0.0276. The van der Waals surface area contributed by atoms with Crippen LogP contribution in [0.15, 0.2) is 18.2 Å². The molecule has 1 rings (SSSR count). The summed E-state index contributed by atoms with van der Waals surface area (Å²) < 4.78 is 15.5. The van der Waals surface area contributed by atoms with Crippen molar-refractivity contribution in [1.29, 1.82) is 5.41 Å². The standard InChI is InChI=1S/C11H16N2O3/c1-3-15-7-16-10-5-8(11(12)13)4-9(6-10)14-2/h4-6H,3,7H2,1-2H3,(H3,12,13). The predicted octanol–water partition coefficient (Wildman–Crippen LogP) is 1.35. The highest BCUT2D eigenvalue weighted by molar-refractivity contribution is 5.95. The molecule has 0 radical (unpaired) electrons. The van der Waals surface area contributed by atoms with E-state index in [0.29, 0.717) is 23.7 Å². The smallest absolute Gasteiger partial charge is 0.189 e. The van der Waals surface area contributed by atoms with Crippen LogP contribution in [0.3, 0.4) is 0 Å². The van der Waals surface area contributed by atoms with Gasteiger partial charge in [0.05, 0.1) is 7.11 Å². The lowest BCUT2D eigenvalue weighted by Crippen LogP contribution is -2.11. The number of hydrogen-bond donors (Lipinski definition) is 2. The number of benzene rings is 1. The van der Waals surface area contributed by atoms with Gasteiger partial charge in [-0.3, -0.25) is 5.41 Å². The summed E-state index contributed by atoms with van der Waals surface area (Å²) in [6.07, 6.45) is 0. The van der Waals surface area contributed by atoms with Crippen molar-refractivity contribution in [3.05, 3.63) is 23.8 Å². The van der Waals surface area contributed by atoms with Crippen LogP contribution in [0, 0.1) is 5.41 Å². The molecule has 0 heterocycles. The van der Waals surface area contributed by atoms with Crippen LogP contribution >= 0.6 is 0 Å². The van der Waals surface area contributed by atoms with Crippen molar-refractivity contribution in [2.45, 2.75) is 6.92 Å². The molecule has 88 valence electrons. The summed E-state index contributed by atoms with van der Waals surface area (Å²) >= 11 is 0. The molecule has 0 spiro atoms. The quantitative estimate of drug-likeness (QED) is 0.331. The van der Waals surface area contributed by atoms with Gasteiger partial charge in [-0.25, -0.2) is 0 Å². The molecule has 0 aliphatic heterocycles. The van der Waals surface area contributed by atoms with Gasteiger partial charge in [0.25, 0.3) is 0 Å². The van der Waals surface area contributed by atoms with E-state index in [4.69, 9.17) is 25.4 Å². The number of hydrogen-bond acceptors (Lipinski definition) is 4. The SMILES string of the molecule is CCOCOc1cc(OC)cc(C(=N)N)c1. The Kier molecular flexibility index (Phi) is 4.60. The summed E-state index contributed by atoms with van der Waals surface area (Å²) in [5.41, 5.74) is 5.96. The molecule has 16 heavy (non-hydrogen) atoms. The third-order valence-electron chi connectivity index (χ3n) is 1.94. The van der Waals surface area contributed by atoms with Crippen LogP contribution in [0.4, 0.5) is 0 Å². The van der Waals surface area contributed by atoms with Crippen molar-refractivity contribution in [2.24, 2.45) is 5.73 Å². The van der Waals surface area contributed by atoms with Gasteiger partial charge in [0.15, 0.2) is 6.79 Å². The highest BCUT2D eigenvalue weighted by Gasteiger charge is 2.04. The Morgan fingerprint density at radius 1 is 1.31 bits per heavy atom. The van der Waals surface area contributed by atoms with E-state index in [1.54, 1.807) is 25.3 Å². The van der Waals surface area contributed by atoms with Crippen LogP contribution in [-0.4, -0.2) is 26.3 Å². The maximum Gasteiger partial charge on any atom is 0.189 e. The monoisotopic (exact) mass is 224 g/mol. The van der Waals surface area contributed by atoms with Gasteiger partial charge < -0.3 is 19.9 Å². The van der Waals surface area contributed by atoms with Crippen molar-refractivity contribution < 1.29 is 14.2 Å². The van der Waals surface area contributed by atoms with Crippen LogP contribution in [0.2, 0.25) is 0 Å². The predicted molar refractivity (Wildman–Crippen MR) is 61.1 cm³/mol. The second-order valence-corrected chi connectivity index (χ2v) is 3.07. The summed E-state index contributed by atoms with van der Waals surface area (Å²) in [6, 6.07) is 5.06. The Morgan fingerprint density at radius 3 is 2.56 bits per heavy atom. The molecule has 0 aliphatic carbocycles. The molecule has 1 aromatic carbocycles. The third kappa shape index (κ3) is 3.43. The Bertz CT molecular complexity index is 366. The van der Waals surface area contributed by atoms with Gasteiger partial charge in [-0.1, -0.05) is 0 Å². The lowest BCUT2D eigenvalue weighted by Gasteiger charge is -2.09. The summed E-state index contributed by atoms with van der Waals surface area (Å²) in [4.78, 5) is 0. The average Bonchev–Trinajstić information content (AvgIpc) is 2.29. The Balaban J connectivity index is 2.82. The van der Waals surface area contributed by atoms with E-state index < -0.39 is 0 Å². The molecule has 0 atom stereocenters. The number of amidine groups is 1. The van der Waals surface area contributed by atoms with E-state index in [2.05, 4.69) is 0 Å². The zero-order chi connectivity index (χ0) is 12.0. The maximum absolute atomic E-state index is 7.35. The molecule has 0 saturated carbocycles. The number of nitrogen functional groups attached to an aromatic ring is 1. The summed E-state index contributed by atoms with van der Waals surface area (Å²) in [6.45, 7) is 2.64. The van der Waals surface area contributed by atoms with Gasteiger partial charge in [0.2, 0.25) is 0 Å². The fraction of sp³-hybridized carbons (Fsp3) is 0.364. The molecule has 0 fully saturated rings. The second kappa shape index (κ2) is 5.97. The molecule has 0 bridgehead atoms. The largest absolute Gasteiger partial charge is 0.497 e. The molecule has 5 nitrogen and oxygen atoms in total. The van der Waals surface area contributed by atoms with Gasteiger partial charge in [0, 0.05) is 18.2 Å². The number of nitrogens with two attached hydrogens (primary N) is 1. The maximum atomic E-state index is 7.35. The van der Waals surface area contributed by atoms with E-state index in [-0.39, 0.29) is 12.6 Å². The van der Waals surface area contributed by atoms with Crippen LogP contribution in [-0.2, 0) is 4.74 Å². The number of rotatable bonds is 6. The molecule has 0 aromatic heterocycles. The molecule has 0 aliphatic rings. The first-order valence-electron chi connectivity index (χ1n) is 4.91. The van der Waals surface area contributed by atoms with E-state index in [1.807, 2.05) is 6.92 Å². The van der Waals surface area contributed by atoms with Crippen LogP contribution in [0.25, 0.3) is 0 Å². The van der Waals surface area contributed by atoms with Crippen molar-refractivity contribution in [3.63, 3.8) is 0 Å². The fourth-order valence-electron chi connectivity index (χ4n) is 1.12. The molecule has 1 aromatic rings. The normalized spacial score (nSPS) is 9.88. The first kappa shape index (κ1) is 12.3. The fourth-order valence-corrected chi connectivity index (χ4v) is 1.12. The topological polar surface area (TPSA) is 77.6 Å². The Labute approximate surface area is 94.6 Å². The Morgan fingerprint density at radius 2 is 2.00 bits per heavy atom. The zero-order valence-corrected chi connectivity index (χ0v) is 9.45. The van der Waals surface area contributed by atoms with Crippen molar-refractivity contribution in [2.75, 3.05) is 20.5 Å². The molecule has 0 amide bonds. The third-order valence-corrected chi connectivity index (χ3v) is 1.94. The van der Waals surface area contributed by atoms with Gasteiger partial charge >= 0.3 is 0 Å². The minimum atomic E-state index is -0.0276. The van der Waals surface area contributed by atoms with Gasteiger partial charge in [-0.15, -0.1) is 0 Å². The van der Waals surface area contributed by atoms with Crippen molar-refractivity contribution in [3.8, 4) is 11.5 Å². The molecule has 0 unspecified atom stereocenters. The van der Waals surface area contributed by atoms with Gasteiger partial charge in [-0.05, 0) is 19.1 Å². The lowest BCUT2D eigenvalue weighted by molar-refractivity contribution is 0.0223. The van der Waals surface area contributed by atoms with Gasteiger partial charge in [-0.2, -0.15) is 0 Å². The van der Waals surface area contributed by atoms with E-state index in [1.165, 1.54) is 0 Å². The van der Waals surface area contributed by atoms with E-state index in [9.17, 15) is 0 Å². The average molecular weight is 224 g/mol. The highest BCUT2D eigenvalue weighted by Crippen LogP contribution is 2.22. The van der Waals surface area contributed by atoms with Gasteiger partial charge in [0.1, 0.15) is 17.3 Å². The molecular weight excluding hydrogens is 208 g/mol.